The largest absolute Gasteiger partial charge is 0.497 e. The van der Waals surface area contributed by atoms with Crippen LogP contribution in [0.1, 0.15) is 11.1 Å². The maximum atomic E-state index is 13.3. The molecule has 0 fully saturated rings. The van der Waals surface area contributed by atoms with E-state index < -0.39 is 0 Å². The van der Waals surface area contributed by atoms with E-state index in [1.165, 1.54) is 4.57 Å². The number of nitrogens with zero attached hydrogens (tertiary/aromatic N) is 2. The van der Waals surface area contributed by atoms with Gasteiger partial charge in [-0.2, -0.15) is 0 Å². The zero-order chi connectivity index (χ0) is 19.7. The molecule has 0 saturated carbocycles. The SMILES string of the molecule is COc1ccc(Cn2c(=O)c3cc(C)ccc3n(-c3ccccc3)c2=O)cc1. The number of hydrogen-bond donors (Lipinski definition) is 0. The highest BCUT2D eigenvalue weighted by atomic mass is 16.5. The van der Waals surface area contributed by atoms with Gasteiger partial charge >= 0.3 is 5.69 Å². The lowest BCUT2D eigenvalue weighted by molar-refractivity contribution is 0.414. The molecule has 0 N–H and O–H groups in total. The smallest absolute Gasteiger partial charge is 0.336 e. The Morgan fingerprint density at radius 2 is 1.61 bits per heavy atom. The summed E-state index contributed by atoms with van der Waals surface area (Å²) in [6.07, 6.45) is 0. The van der Waals surface area contributed by atoms with Crippen LogP contribution in [0, 0.1) is 6.92 Å². The van der Waals surface area contributed by atoms with Gasteiger partial charge in [0.05, 0.1) is 30.2 Å². The van der Waals surface area contributed by atoms with Gasteiger partial charge in [-0.15, -0.1) is 0 Å². The molecule has 140 valence electrons. The van der Waals surface area contributed by atoms with Gasteiger partial charge in [-0.05, 0) is 48.9 Å². The fourth-order valence-electron chi connectivity index (χ4n) is 3.35. The van der Waals surface area contributed by atoms with Crippen LogP contribution in [0.5, 0.6) is 5.75 Å². The Balaban J connectivity index is 1.98. The van der Waals surface area contributed by atoms with E-state index in [0.29, 0.717) is 10.9 Å². The summed E-state index contributed by atoms with van der Waals surface area (Å²) in [5.41, 5.74) is 2.52. The molecule has 0 aliphatic carbocycles. The van der Waals surface area contributed by atoms with Crippen LogP contribution in [-0.4, -0.2) is 16.2 Å². The molecular formula is C23H20N2O3. The second-order valence-corrected chi connectivity index (χ2v) is 6.71. The number of hydrogen-bond acceptors (Lipinski definition) is 3. The van der Waals surface area contributed by atoms with E-state index in [1.54, 1.807) is 11.7 Å². The van der Waals surface area contributed by atoms with Crippen molar-refractivity contribution in [3.63, 3.8) is 0 Å². The number of fused-ring (bicyclic) bond motifs is 1. The third-order valence-electron chi connectivity index (χ3n) is 4.80. The van der Waals surface area contributed by atoms with Gasteiger partial charge in [0.15, 0.2) is 0 Å². The van der Waals surface area contributed by atoms with Crippen molar-refractivity contribution in [1.29, 1.82) is 0 Å². The van der Waals surface area contributed by atoms with Crippen LogP contribution in [0.4, 0.5) is 0 Å². The molecule has 4 rings (SSSR count). The van der Waals surface area contributed by atoms with Gasteiger partial charge in [-0.25, -0.2) is 4.79 Å². The number of benzene rings is 3. The molecule has 0 amide bonds. The first kappa shape index (κ1) is 17.8. The van der Waals surface area contributed by atoms with Crippen molar-refractivity contribution in [2.24, 2.45) is 0 Å². The van der Waals surface area contributed by atoms with Crippen molar-refractivity contribution < 1.29 is 4.74 Å². The van der Waals surface area contributed by atoms with Gasteiger partial charge < -0.3 is 4.74 Å². The molecule has 0 saturated heterocycles. The van der Waals surface area contributed by atoms with E-state index in [9.17, 15) is 9.59 Å². The van der Waals surface area contributed by atoms with Gasteiger partial charge in [-0.1, -0.05) is 42.0 Å². The molecule has 1 heterocycles. The van der Waals surface area contributed by atoms with Gasteiger partial charge in [-0.3, -0.25) is 13.9 Å². The average Bonchev–Trinajstić information content (AvgIpc) is 2.73. The molecule has 0 atom stereocenters. The summed E-state index contributed by atoms with van der Waals surface area (Å²) in [6.45, 7) is 2.13. The van der Waals surface area contributed by atoms with Crippen molar-refractivity contribution in [3.05, 3.63) is 105 Å². The molecule has 0 unspecified atom stereocenters. The number of rotatable bonds is 4. The third kappa shape index (κ3) is 3.11. The topological polar surface area (TPSA) is 53.2 Å². The van der Waals surface area contributed by atoms with Crippen LogP contribution in [0.3, 0.4) is 0 Å². The highest BCUT2D eigenvalue weighted by Gasteiger charge is 2.15. The van der Waals surface area contributed by atoms with Crippen molar-refractivity contribution in [2.75, 3.05) is 7.11 Å². The zero-order valence-electron chi connectivity index (χ0n) is 15.8. The van der Waals surface area contributed by atoms with Gasteiger partial charge in [0.25, 0.3) is 5.56 Å². The van der Waals surface area contributed by atoms with Crippen LogP contribution < -0.4 is 16.0 Å². The summed E-state index contributed by atoms with van der Waals surface area (Å²) < 4.78 is 8.07. The van der Waals surface area contributed by atoms with E-state index in [4.69, 9.17) is 4.74 Å². The predicted octanol–water partition coefficient (Wildman–Crippen LogP) is 3.52. The lowest BCUT2D eigenvalue weighted by Crippen LogP contribution is -2.39. The number of ether oxygens (including phenoxy) is 1. The summed E-state index contributed by atoms with van der Waals surface area (Å²) in [5.74, 6) is 0.729. The maximum absolute atomic E-state index is 13.3. The first-order valence-corrected chi connectivity index (χ1v) is 9.03. The molecule has 5 heteroatoms. The van der Waals surface area contributed by atoms with Crippen LogP contribution in [-0.2, 0) is 6.54 Å². The molecule has 0 aliphatic rings. The quantitative estimate of drug-likeness (QED) is 0.551. The van der Waals surface area contributed by atoms with E-state index in [1.807, 2.05) is 79.7 Å². The number of aryl methyl sites for hydroxylation is 1. The summed E-state index contributed by atoms with van der Waals surface area (Å²) in [4.78, 5) is 26.5. The lowest BCUT2D eigenvalue weighted by atomic mass is 10.1. The van der Waals surface area contributed by atoms with Gasteiger partial charge in [0.1, 0.15) is 5.75 Å². The third-order valence-corrected chi connectivity index (χ3v) is 4.80. The Bertz CT molecular complexity index is 1250. The molecule has 28 heavy (non-hydrogen) atoms. The first-order valence-electron chi connectivity index (χ1n) is 9.03. The Kier molecular flexibility index (Phi) is 4.57. The molecule has 3 aromatic carbocycles. The number of aromatic nitrogens is 2. The van der Waals surface area contributed by atoms with Crippen LogP contribution in [0.2, 0.25) is 0 Å². The summed E-state index contributed by atoms with van der Waals surface area (Å²) in [6, 6.07) is 22.3. The fraction of sp³-hybridized carbons (Fsp3) is 0.130. The first-order chi connectivity index (χ1) is 13.6. The van der Waals surface area contributed by atoms with E-state index >= 15 is 0 Å². The molecule has 0 spiro atoms. The van der Waals surface area contributed by atoms with Gasteiger partial charge in [0.2, 0.25) is 0 Å². The lowest BCUT2D eigenvalue weighted by Gasteiger charge is -2.15. The summed E-state index contributed by atoms with van der Waals surface area (Å²) >= 11 is 0. The second-order valence-electron chi connectivity index (χ2n) is 6.71. The predicted molar refractivity (Wildman–Crippen MR) is 111 cm³/mol. The number of para-hydroxylation sites is 1. The average molecular weight is 372 g/mol. The second kappa shape index (κ2) is 7.19. The Morgan fingerprint density at radius 1 is 0.893 bits per heavy atom. The fourth-order valence-corrected chi connectivity index (χ4v) is 3.35. The Hall–Kier alpha value is -3.60. The molecule has 4 aromatic rings. The Morgan fingerprint density at radius 3 is 2.29 bits per heavy atom. The molecule has 1 aromatic heterocycles. The zero-order valence-corrected chi connectivity index (χ0v) is 15.8. The maximum Gasteiger partial charge on any atom is 0.336 e. The minimum atomic E-state index is -0.358. The Labute approximate surface area is 162 Å². The summed E-state index contributed by atoms with van der Waals surface area (Å²) in [5, 5.41) is 0.525. The molecule has 0 radical (unpaired) electrons. The molecule has 0 aliphatic heterocycles. The molecule has 0 bridgehead atoms. The summed E-state index contributed by atoms with van der Waals surface area (Å²) in [7, 11) is 1.60. The van der Waals surface area contributed by atoms with E-state index in [0.717, 1.165) is 22.6 Å². The van der Waals surface area contributed by atoms with E-state index in [-0.39, 0.29) is 17.8 Å². The molecular weight excluding hydrogens is 352 g/mol. The minimum Gasteiger partial charge on any atom is -0.497 e. The van der Waals surface area contributed by atoms with Crippen molar-refractivity contribution in [3.8, 4) is 11.4 Å². The highest BCUT2D eigenvalue weighted by molar-refractivity contribution is 5.80. The standard InChI is InChI=1S/C23H20N2O3/c1-16-8-13-21-20(14-16)22(26)24(15-17-9-11-19(28-2)12-10-17)23(27)25(21)18-6-4-3-5-7-18/h3-14H,15H2,1-2H3. The van der Waals surface area contributed by atoms with Gasteiger partial charge in [0, 0.05) is 0 Å². The number of methoxy groups -OCH3 is 1. The van der Waals surface area contributed by atoms with Crippen molar-refractivity contribution in [2.45, 2.75) is 13.5 Å². The minimum absolute atomic E-state index is 0.193. The van der Waals surface area contributed by atoms with Crippen molar-refractivity contribution in [1.82, 2.24) is 9.13 Å². The normalized spacial score (nSPS) is 10.9. The monoisotopic (exact) mass is 372 g/mol. The van der Waals surface area contributed by atoms with Crippen molar-refractivity contribution >= 4 is 10.9 Å². The van der Waals surface area contributed by atoms with Crippen LogP contribution >= 0.6 is 0 Å². The van der Waals surface area contributed by atoms with Crippen LogP contribution in [0.25, 0.3) is 16.6 Å². The molecule has 5 nitrogen and oxygen atoms in total. The van der Waals surface area contributed by atoms with E-state index in [2.05, 4.69) is 0 Å². The van der Waals surface area contributed by atoms with Crippen LogP contribution in [0.15, 0.2) is 82.4 Å². The highest BCUT2D eigenvalue weighted by Crippen LogP contribution is 2.16.